The number of hydrogen-bond acceptors (Lipinski definition) is 2. The Bertz CT molecular complexity index is 107. The van der Waals surface area contributed by atoms with Crippen LogP contribution in [0, 0.1) is 5.92 Å². The van der Waals surface area contributed by atoms with Gasteiger partial charge < -0.3 is 9.90 Å². The summed E-state index contributed by atoms with van der Waals surface area (Å²) in [7, 11) is 0. The van der Waals surface area contributed by atoms with Crippen LogP contribution >= 0.6 is 0 Å². The van der Waals surface area contributed by atoms with Crippen LogP contribution in [0.3, 0.4) is 0 Å². The van der Waals surface area contributed by atoms with E-state index in [0.29, 0.717) is 6.42 Å². The maximum Gasteiger partial charge on any atom is 0.0442 e. The third kappa shape index (κ3) is 3.76. The topological polar surface area (TPSA) is 40.1 Å². The number of rotatable bonds is 4. The molecule has 2 nitrogen and oxygen atoms in total. The van der Waals surface area contributed by atoms with E-state index in [1.807, 2.05) is 0 Å². The van der Waals surface area contributed by atoms with Crippen LogP contribution in [0.1, 0.15) is 19.8 Å². The van der Waals surface area contributed by atoms with Crippen LogP contribution < -0.4 is 5.11 Å². The van der Waals surface area contributed by atoms with E-state index in [9.17, 15) is 9.90 Å². The third-order valence-electron chi connectivity index (χ3n) is 1.21. The van der Waals surface area contributed by atoms with Gasteiger partial charge in [0.2, 0.25) is 0 Å². The fraction of sp³-hybridized carbons (Fsp3) is 0.571. The predicted octanol–water partition coefficient (Wildman–Crippen LogP) is 0.339. The van der Waals surface area contributed by atoms with Gasteiger partial charge in [-0.2, -0.15) is 0 Å². The lowest BCUT2D eigenvalue weighted by Crippen LogP contribution is -2.29. The van der Waals surface area contributed by atoms with Crippen molar-refractivity contribution in [2.24, 2.45) is 5.92 Å². The number of allylic oxidation sites excluding steroid dienone is 1. The summed E-state index contributed by atoms with van der Waals surface area (Å²) in [5.41, 5.74) is 0. The fourth-order valence-electron chi connectivity index (χ4n) is 0.486. The molecule has 0 saturated carbocycles. The van der Waals surface area contributed by atoms with Crippen molar-refractivity contribution in [1.82, 2.24) is 0 Å². The van der Waals surface area contributed by atoms with Gasteiger partial charge in [-0.3, -0.25) is 0 Å². The third-order valence-corrected chi connectivity index (χ3v) is 1.21. The quantitative estimate of drug-likeness (QED) is 0.511. The molecule has 52 valence electrons. The summed E-state index contributed by atoms with van der Waals surface area (Å²) >= 11 is 0. The second-order valence-corrected chi connectivity index (χ2v) is 2.09. The lowest BCUT2D eigenvalue weighted by Gasteiger charge is -2.09. The van der Waals surface area contributed by atoms with Crippen LogP contribution in [-0.2, 0) is 4.79 Å². The van der Waals surface area contributed by atoms with E-state index in [1.54, 1.807) is 13.0 Å². The molecule has 0 saturated heterocycles. The number of hydrogen-bond donors (Lipinski definition) is 0. The van der Waals surface area contributed by atoms with Crippen LogP contribution in [0.5, 0.6) is 0 Å². The first kappa shape index (κ1) is 8.21. The van der Waals surface area contributed by atoms with E-state index in [4.69, 9.17) is 0 Å². The second-order valence-electron chi connectivity index (χ2n) is 2.09. The van der Waals surface area contributed by atoms with Crippen LogP contribution in [0.2, 0.25) is 0 Å². The summed E-state index contributed by atoms with van der Waals surface area (Å²) < 4.78 is 0. The zero-order valence-electron chi connectivity index (χ0n) is 5.59. The monoisotopic (exact) mass is 127 g/mol. The lowest BCUT2D eigenvalue weighted by atomic mass is 10.1. The highest BCUT2D eigenvalue weighted by molar-refractivity contribution is 5.66. The summed E-state index contributed by atoms with van der Waals surface area (Å²) in [6.45, 7) is 5.12. The molecule has 0 radical (unpaired) electrons. The van der Waals surface area contributed by atoms with Gasteiger partial charge in [0.05, 0.1) is 0 Å². The molecule has 0 spiro atoms. The largest absolute Gasteiger partial charge is 0.550 e. The highest BCUT2D eigenvalue weighted by atomic mass is 16.4. The Labute approximate surface area is 55.2 Å². The molecule has 0 amide bonds. The first-order valence-corrected chi connectivity index (χ1v) is 3.00. The van der Waals surface area contributed by atoms with Gasteiger partial charge in [-0.1, -0.05) is 13.0 Å². The molecule has 0 aliphatic carbocycles. The molecule has 1 atom stereocenters. The minimum atomic E-state index is -0.975. The number of carbonyl (C=O) groups is 1. The Balaban J connectivity index is 3.37. The molecule has 0 aromatic heterocycles. The first-order chi connectivity index (χ1) is 4.18. The zero-order chi connectivity index (χ0) is 7.28. The van der Waals surface area contributed by atoms with Crippen molar-refractivity contribution in [3.8, 4) is 0 Å². The van der Waals surface area contributed by atoms with Crippen molar-refractivity contribution in [2.45, 2.75) is 19.8 Å². The molecule has 0 heterocycles. The van der Waals surface area contributed by atoms with E-state index in [-0.39, 0.29) is 5.92 Å². The molecule has 0 aromatic rings. The lowest BCUT2D eigenvalue weighted by molar-refractivity contribution is -0.311. The summed E-state index contributed by atoms with van der Waals surface area (Å²) in [5, 5.41) is 10.1. The minimum Gasteiger partial charge on any atom is -0.550 e. The first-order valence-electron chi connectivity index (χ1n) is 3.00. The Morgan fingerprint density at radius 2 is 2.44 bits per heavy atom. The van der Waals surface area contributed by atoms with Crippen molar-refractivity contribution in [3.63, 3.8) is 0 Å². The molecule has 0 rings (SSSR count). The molecule has 1 unspecified atom stereocenters. The van der Waals surface area contributed by atoms with E-state index in [1.165, 1.54) is 0 Å². The second kappa shape index (κ2) is 4.13. The highest BCUT2D eigenvalue weighted by Crippen LogP contribution is 2.03. The van der Waals surface area contributed by atoms with Crippen molar-refractivity contribution < 1.29 is 9.90 Å². The SMILES string of the molecule is C=CCCC(C)C(=O)[O-]. The standard InChI is InChI=1S/C7H12O2/c1-3-4-5-6(2)7(8)9/h3,6H,1,4-5H2,2H3,(H,8,9)/p-1. The van der Waals surface area contributed by atoms with Crippen molar-refractivity contribution >= 4 is 5.97 Å². The minimum absolute atomic E-state index is 0.344. The Morgan fingerprint density at radius 3 is 2.78 bits per heavy atom. The normalized spacial score (nSPS) is 12.6. The Kier molecular flexibility index (Phi) is 3.76. The smallest absolute Gasteiger partial charge is 0.0442 e. The summed E-state index contributed by atoms with van der Waals surface area (Å²) in [6, 6.07) is 0. The average Bonchev–Trinajstić information content (AvgIpc) is 1.82. The number of carbonyl (C=O) groups excluding carboxylic acids is 1. The van der Waals surface area contributed by atoms with Gasteiger partial charge in [-0.25, -0.2) is 0 Å². The fourth-order valence-corrected chi connectivity index (χ4v) is 0.486. The van der Waals surface area contributed by atoms with Gasteiger partial charge in [-0.15, -0.1) is 6.58 Å². The van der Waals surface area contributed by atoms with Crippen LogP contribution in [0.25, 0.3) is 0 Å². The summed E-state index contributed by atoms with van der Waals surface area (Å²) in [5.74, 6) is -1.32. The average molecular weight is 127 g/mol. The predicted molar refractivity (Wildman–Crippen MR) is 33.6 cm³/mol. The molecule has 0 aliphatic rings. The van der Waals surface area contributed by atoms with E-state index >= 15 is 0 Å². The van der Waals surface area contributed by atoms with E-state index < -0.39 is 5.97 Å². The molecule has 0 aliphatic heterocycles. The van der Waals surface area contributed by atoms with Gasteiger partial charge >= 0.3 is 0 Å². The van der Waals surface area contributed by atoms with Gasteiger partial charge in [0, 0.05) is 5.97 Å². The van der Waals surface area contributed by atoms with Gasteiger partial charge in [0.25, 0.3) is 0 Å². The summed E-state index contributed by atoms with van der Waals surface area (Å²) in [4.78, 5) is 10.1. The zero-order valence-corrected chi connectivity index (χ0v) is 5.59. The highest BCUT2D eigenvalue weighted by Gasteiger charge is 1.98. The molecule has 0 N–H and O–H groups in total. The number of carboxylic acids is 1. The summed E-state index contributed by atoms with van der Waals surface area (Å²) in [6.07, 6.45) is 3.08. The molecule has 2 heteroatoms. The van der Waals surface area contributed by atoms with Gasteiger partial charge in [0.1, 0.15) is 0 Å². The molecule has 0 bridgehead atoms. The Morgan fingerprint density at radius 1 is 1.89 bits per heavy atom. The molecule has 0 aromatic carbocycles. The van der Waals surface area contributed by atoms with Crippen molar-refractivity contribution in [3.05, 3.63) is 12.7 Å². The Hall–Kier alpha value is -0.790. The van der Waals surface area contributed by atoms with Crippen LogP contribution in [0.4, 0.5) is 0 Å². The molecular weight excluding hydrogens is 116 g/mol. The molecule has 0 fully saturated rings. The molecule has 9 heavy (non-hydrogen) atoms. The van der Waals surface area contributed by atoms with Crippen LogP contribution in [-0.4, -0.2) is 5.97 Å². The number of carboxylic acid groups (broad SMARTS) is 1. The van der Waals surface area contributed by atoms with Crippen molar-refractivity contribution in [2.75, 3.05) is 0 Å². The van der Waals surface area contributed by atoms with Gasteiger partial charge in [0.15, 0.2) is 0 Å². The van der Waals surface area contributed by atoms with Gasteiger partial charge in [-0.05, 0) is 18.8 Å². The van der Waals surface area contributed by atoms with Crippen molar-refractivity contribution in [1.29, 1.82) is 0 Å². The maximum absolute atomic E-state index is 10.1. The van der Waals surface area contributed by atoms with E-state index in [2.05, 4.69) is 6.58 Å². The molecular formula is C7H11O2-. The maximum atomic E-state index is 10.1. The van der Waals surface area contributed by atoms with Crippen LogP contribution in [0.15, 0.2) is 12.7 Å². The number of aliphatic carboxylic acids is 1. The van der Waals surface area contributed by atoms with E-state index in [0.717, 1.165) is 6.42 Å².